The molecule has 0 aliphatic rings. The van der Waals surface area contributed by atoms with Gasteiger partial charge < -0.3 is 15.7 Å². The molecular weight excluding hydrogens is 449 g/mol. The van der Waals surface area contributed by atoms with Gasteiger partial charge in [0.1, 0.15) is 17.1 Å². The number of alkyl halides is 5. The summed E-state index contributed by atoms with van der Waals surface area (Å²) in [5.41, 5.74) is -2.79. The fourth-order valence-corrected chi connectivity index (χ4v) is 2.52. The van der Waals surface area contributed by atoms with Crippen LogP contribution in [0.4, 0.5) is 39.5 Å². The van der Waals surface area contributed by atoms with E-state index >= 15 is 0 Å². The summed E-state index contributed by atoms with van der Waals surface area (Å²) in [6, 6.07) is 5.95. The van der Waals surface area contributed by atoms with Crippen LogP contribution in [-0.2, 0) is 12.1 Å². The monoisotopic (exact) mass is 469 g/mol. The number of nitrogens with zero attached hydrogens (tertiary/aromatic N) is 5. The predicted octanol–water partition coefficient (Wildman–Crippen LogP) is 4.39. The fraction of sp³-hybridized carbons (Fsp3) is 0.350. The van der Waals surface area contributed by atoms with Gasteiger partial charge in [0.25, 0.3) is 5.92 Å². The van der Waals surface area contributed by atoms with Crippen LogP contribution in [0.5, 0.6) is 0 Å². The van der Waals surface area contributed by atoms with Gasteiger partial charge >= 0.3 is 6.18 Å². The van der Waals surface area contributed by atoms with E-state index in [-0.39, 0.29) is 35.6 Å². The van der Waals surface area contributed by atoms with Crippen molar-refractivity contribution >= 4 is 17.6 Å². The van der Waals surface area contributed by atoms with Crippen molar-refractivity contribution in [3.05, 3.63) is 47.9 Å². The molecule has 33 heavy (non-hydrogen) atoms. The summed E-state index contributed by atoms with van der Waals surface area (Å²) in [7, 11) is 0. The molecule has 0 atom stereocenters. The first kappa shape index (κ1) is 24.2. The lowest BCUT2D eigenvalue weighted by atomic mass is 10.1. The van der Waals surface area contributed by atoms with Crippen molar-refractivity contribution in [3.63, 3.8) is 0 Å². The van der Waals surface area contributed by atoms with E-state index in [1.807, 2.05) is 0 Å². The Morgan fingerprint density at radius 1 is 0.879 bits per heavy atom. The van der Waals surface area contributed by atoms with Crippen LogP contribution in [0.3, 0.4) is 0 Å². The van der Waals surface area contributed by atoms with Crippen LogP contribution in [0.15, 0.2) is 36.5 Å². The third kappa shape index (κ3) is 6.75. The SMILES string of the molecule is CC(C)(O)CNc1nc(Nc2ccnc(C(F)(F)F)c2)nc(-c2cccc(C(C)(F)F)n2)n1. The minimum absolute atomic E-state index is 0.00325. The van der Waals surface area contributed by atoms with Crippen LogP contribution in [0.1, 0.15) is 32.2 Å². The number of nitrogens with one attached hydrogen (secondary N) is 2. The number of anilines is 3. The van der Waals surface area contributed by atoms with Gasteiger partial charge in [-0.15, -0.1) is 0 Å². The molecule has 0 aromatic carbocycles. The van der Waals surface area contributed by atoms with Gasteiger partial charge in [0.05, 0.1) is 5.60 Å². The van der Waals surface area contributed by atoms with Crippen LogP contribution in [-0.4, -0.2) is 42.2 Å². The molecule has 0 aliphatic carbocycles. The summed E-state index contributed by atoms with van der Waals surface area (Å²) in [4.78, 5) is 19.5. The maximum atomic E-state index is 13.7. The Hall–Kier alpha value is -3.48. The summed E-state index contributed by atoms with van der Waals surface area (Å²) < 4.78 is 66.3. The van der Waals surface area contributed by atoms with Crippen LogP contribution in [0, 0.1) is 0 Å². The van der Waals surface area contributed by atoms with Gasteiger partial charge in [0.2, 0.25) is 11.9 Å². The van der Waals surface area contributed by atoms with Crippen LogP contribution < -0.4 is 10.6 Å². The van der Waals surface area contributed by atoms with Crippen molar-refractivity contribution in [3.8, 4) is 11.5 Å². The molecular formula is C20H20F5N7O. The molecule has 3 rings (SSSR count). The second-order valence-corrected chi connectivity index (χ2v) is 7.82. The molecule has 13 heteroatoms. The number of pyridine rings is 2. The fourth-order valence-electron chi connectivity index (χ4n) is 2.52. The molecule has 0 spiro atoms. The van der Waals surface area contributed by atoms with E-state index in [1.54, 1.807) is 0 Å². The first-order valence-electron chi connectivity index (χ1n) is 9.59. The van der Waals surface area contributed by atoms with E-state index in [0.717, 1.165) is 18.3 Å². The molecule has 8 nitrogen and oxygen atoms in total. The number of hydrogen-bond donors (Lipinski definition) is 3. The van der Waals surface area contributed by atoms with E-state index in [4.69, 9.17) is 0 Å². The molecule has 0 aliphatic heterocycles. The number of aliphatic hydroxyl groups is 1. The van der Waals surface area contributed by atoms with Gasteiger partial charge in [-0.1, -0.05) is 6.07 Å². The third-order valence-corrected chi connectivity index (χ3v) is 4.05. The lowest BCUT2D eigenvalue weighted by Crippen LogP contribution is -2.30. The van der Waals surface area contributed by atoms with Crippen molar-refractivity contribution < 1.29 is 27.1 Å². The predicted molar refractivity (Wildman–Crippen MR) is 110 cm³/mol. The highest BCUT2D eigenvalue weighted by Crippen LogP contribution is 2.30. The molecule has 0 saturated carbocycles. The first-order chi connectivity index (χ1) is 15.2. The smallest absolute Gasteiger partial charge is 0.389 e. The Balaban J connectivity index is 2.02. The van der Waals surface area contributed by atoms with E-state index in [0.29, 0.717) is 6.92 Å². The lowest BCUT2D eigenvalue weighted by Gasteiger charge is -2.18. The van der Waals surface area contributed by atoms with Crippen molar-refractivity contribution in [1.29, 1.82) is 0 Å². The molecule has 3 N–H and O–H groups in total. The molecule has 0 fully saturated rings. The summed E-state index contributed by atoms with van der Waals surface area (Å²) in [5, 5.41) is 15.4. The maximum Gasteiger partial charge on any atom is 0.433 e. The van der Waals surface area contributed by atoms with E-state index < -0.39 is 29.1 Å². The summed E-state index contributed by atoms with van der Waals surface area (Å²) in [6.07, 6.45) is -3.69. The van der Waals surface area contributed by atoms with Crippen molar-refractivity contribution in [2.75, 3.05) is 17.2 Å². The molecule has 3 aromatic rings. The summed E-state index contributed by atoms with van der Waals surface area (Å²) in [5.74, 6) is -3.54. The average Bonchev–Trinajstić information content (AvgIpc) is 2.71. The molecule has 0 bridgehead atoms. The minimum Gasteiger partial charge on any atom is -0.389 e. The normalized spacial score (nSPS) is 12.5. The molecule has 3 aromatic heterocycles. The van der Waals surface area contributed by atoms with E-state index in [9.17, 15) is 27.1 Å². The highest BCUT2D eigenvalue weighted by Gasteiger charge is 2.32. The summed E-state index contributed by atoms with van der Waals surface area (Å²) in [6.45, 7) is 3.78. The number of halogens is 5. The molecule has 0 saturated heterocycles. The zero-order valence-corrected chi connectivity index (χ0v) is 17.7. The quantitative estimate of drug-likeness (QED) is 0.438. The molecule has 0 unspecified atom stereocenters. The van der Waals surface area contributed by atoms with Crippen molar-refractivity contribution in [2.45, 2.75) is 38.5 Å². The van der Waals surface area contributed by atoms with Gasteiger partial charge in [-0.2, -0.15) is 36.9 Å². The van der Waals surface area contributed by atoms with Crippen LogP contribution in [0.25, 0.3) is 11.5 Å². The van der Waals surface area contributed by atoms with Gasteiger partial charge in [-0.3, -0.25) is 4.98 Å². The second-order valence-electron chi connectivity index (χ2n) is 7.82. The number of aromatic nitrogens is 5. The van der Waals surface area contributed by atoms with Crippen LogP contribution >= 0.6 is 0 Å². The maximum absolute atomic E-state index is 13.7. The Labute approximate surface area is 185 Å². The number of rotatable bonds is 7. The summed E-state index contributed by atoms with van der Waals surface area (Å²) >= 11 is 0. The number of hydrogen-bond acceptors (Lipinski definition) is 8. The van der Waals surface area contributed by atoms with E-state index in [2.05, 4.69) is 35.6 Å². The van der Waals surface area contributed by atoms with Gasteiger partial charge in [-0.25, -0.2) is 4.98 Å². The minimum atomic E-state index is -4.66. The molecule has 3 heterocycles. The van der Waals surface area contributed by atoms with E-state index in [1.165, 1.54) is 32.0 Å². The largest absolute Gasteiger partial charge is 0.433 e. The third-order valence-electron chi connectivity index (χ3n) is 4.05. The average molecular weight is 469 g/mol. The van der Waals surface area contributed by atoms with Gasteiger partial charge in [0, 0.05) is 25.4 Å². The highest BCUT2D eigenvalue weighted by atomic mass is 19.4. The Morgan fingerprint density at radius 3 is 2.21 bits per heavy atom. The first-order valence-corrected chi connectivity index (χ1v) is 9.59. The van der Waals surface area contributed by atoms with Crippen LogP contribution in [0.2, 0.25) is 0 Å². The second kappa shape index (κ2) is 8.81. The van der Waals surface area contributed by atoms with Gasteiger partial charge in [-0.05, 0) is 38.1 Å². The lowest BCUT2D eigenvalue weighted by molar-refractivity contribution is -0.141. The molecule has 0 amide bonds. The Bertz CT molecular complexity index is 1130. The Kier molecular flexibility index (Phi) is 6.45. The van der Waals surface area contributed by atoms with Gasteiger partial charge in [0.15, 0.2) is 5.82 Å². The zero-order valence-electron chi connectivity index (χ0n) is 17.7. The molecule has 0 radical (unpaired) electrons. The molecule has 176 valence electrons. The zero-order chi connectivity index (χ0) is 24.4. The van der Waals surface area contributed by atoms with Crippen molar-refractivity contribution in [2.24, 2.45) is 0 Å². The standard InChI is InChI=1S/C20H20F5N7O/c1-18(2,33)10-27-16-30-15(12-5-4-6-13(29-12)19(3,21)22)31-17(32-16)28-11-7-8-26-14(9-11)20(23,24)25/h4-9,33H,10H2,1-3H3,(H2,26,27,28,30,31,32). The topological polar surface area (TPSA) is 109 Å². The van der Waals surface area contributed by atoms with Crippen molar-refractivity contribution in [1.82, 2.24) is 24.9 Å². The Morgan fingerprint density at radius 2 is 1.58 bits per heavy atom. The highest BCUT2D eigenvalue weighted by molar-refractivity contribution is 5.59.